The highest BCUT2D eigenvalue weighted by Gasteiger charge is 2.19. The lowest BCUT2D eigenvalue weighted by Crippen LogP contribution is -2.17. The number of nitriles is 1. The summed E-state index contributed by atoms with van der Waals surface area (Å²) in [6, 6.07) is 9.74. The van der Waals surface area contributed by atoms with Gasteiger partial charge >= 0.3 is 0 Å². The molecule has 0 spiro atoms. The number of hydrogen-bond acceptors (Lipinski definition) is 4. The molecule has 0 aliphatic rings. The van der Waals surface area contributed by atoms with Crippen LogP contribution in [0.25, 0.3) is 5.69 Å². The van der Waals surface area contributed by atoms with Crippen LogP contribution in [0.15, 0.2) is 28.7 Å². The van der Waals surface area contributed by atoms with Gasteiger partial charge in [-0.15, -0.1) is 5.10 Å². The van der Waals surface area contributed by atoms with Crippen molar-refractivity contribution in [3.05, 3.63) is 34.3 Å². The quantitative estimate of drug-likeness (QED) is 0.943. The number of nitrogen functional groups attached to an aromatic ring is 1. The fourth-order valence-electron chi connectivity index (χ4n) is 1.75. The minimum atomic E-state index is 0.352. The lowest BCUT2D eigenvalue weighted by Gasteiger charge is -2.12. The Morgan fingerprint density at radius 2 is 2.16 bits per heavy atom. The third-order valence-corrected chi connectivity index (χ3v) is 3.60. The lowest BCUT2D eigenvalue weighted by atomic mass is 10.3. The fourth-order valence-corrected chi connectivity index (χ4v) is 2.20. The van der Waals surface area contributed by atoms with Crippen molar-refractivity contribution in [3.63, 3.8) is 0 Å². The van der Waals surface area contributed by atoms with E-state index >= 15 is 0 Å². The lowest BCUT2D eigenvalue weighted by molar-refractivity contribution is 0.849. The number of anilines is 2. The number of benzene rings is 1. The summed E-state index contributed by atoms with van der Waals surface area (Å²) in [6.45, 7) is 2.75. The molecule has 2 rings (SSSR count). The van der Waals surface area contributed by atoms with Gasteiger partial charge in [-0.3, -0.25) is 0 Å². The predicted octanol–water partition coefficient (Wildman–Crippen LogP) is 2.54. The first-order valence-corrected chi connectivity index (χ1v) is 6.64. The zero-order valence-electron chi connectivity index (χ0n) is 10.8. The van der Waals surface area contributed by atoms with Crippen LogP contribution >= 0.6 is 15.9 Å². The molecule has 0 atom stereocenters. The molecule has 0 bridgehead atoms. The van der Waals surface area contributed by atoms with E-state index in [4.69, 9.17) is 5.73 Å². The molecule has 0 fully saturated rings. The van der Waals surface area contributed by atoms with Crippen LogP contribution < -0.4 is 10.6 Å². The van der Waals surface area contributed by atoms with Crippen molar-refractivity contribution < 1.29 is 0 Å². The summed E-state index contributed by atoms with van der Waals surface area (Å²) >= 11 is 3.46. The zero-order valence-corrected chi connectivity index (χ0v) is 12.3. The number of para-hydroxylation sites is 1. The van der Waals surface area contributed by atoms with Crippen LogP contribution in [0.1, 0.15) is 12.5 Å². The van der Waals surface area contributed by atoms with E-state index in [1.807, 2.05) is 43.1 Å². The van der Waals surface area contributed by atoms with Gasteiger partial charge in [0.1, 0.15) is 17.5 Å². The van der Waals surface area contributed by atoms with Gasteiger partial charge in [0.15, 0.2) is 5.82 Å². The van der Waals surface area contributed by atoms with Gasteiger partial charge in [-0.1, -0.05) is 12.1 Å². The molecule has 0 saturated carbocycles. The van der Waals surface area contributed by atoms with Crippen molar-refractivity contribution in [3.8, 4) is 11.8 Å². The normalized spacial score (nSPS) is 10.2. The predicted molar refractivity (Wildman–Crippen MR) is 79.3 cm³/mol. The second-order valence-electron chi connectivity index (χ2n) is 4.07. The highest BCUT2D eigenvalue weighted by Crippen LogP contribution is 2.29. The third kappa shape index (κ3) is 2.29. The summed E-state index contributed by atoms with van der Waals surface area (Å²) in [7, 11) is 1.88. The van der Waals surface area contributed by atoms with Crippen molar-refractivity contribution in [2.24, 2.45) is 0 Å². The van der Waals surface area contributed by atoms with Crippen LogP contribution in [0, 0.1) is 11.3 Å². The SMILES string of the molecule is CCN(C)c1nn(-c2ccccc2Br)c(N)c1C#N. The van der Waals surface area contributed by atoms with Crippen molar-refractivity contribution in [2.45, 2.75) is 6.92 Å². The van der Waals surface area contributed by atoms with E-state index in [0.29, 0.717) is 17.2 Å². The fraction of sp³-hybridized carbons (Fsp3) is 0.231. The number of aromatic nitrogens is 2. The van der Waals surface area contributed by atoms with Crippen LogP contribution in [-0.4, -0.2) is 23.4 Å². The Hall–Kier alpha value is -2.00. The maximum absolute atomic E-state index is 9.25. The Balaban J connectivity index is 2.64. The second-order valence-corrected chi connectivity index (χ2v) is 4.93. The maximum Gasteiger partial charge on any atom is 0.171 e. The molecule has 1 heterocycles. The molecular formula is C13H14BrN5. The summed E-state index contributed by atoms with van der Waals surface area (Å²) in [5.41, 5.74) is 7.25. The van der Waals surface area contributed by atoms with Crippen LogP contribution in [0.5, 0.6) is 0 Å². The topological polar surface area (TPSA) is 70.9 Å². The van der Waals surface area contributed by atoms with E-state index in [-0.39, 0.29) is 0 Å². The average Bonchev–Trinajstić information content (AvgIpc) is 2.75. The Morgan fingerprint density at radius 3 is 2.74 bits per heavy atom. The van der Waals surface area contributed by atoms with Gasteiger partial charge in [0, 0.05) is 18.1 Å². The summed E-state index contributed by atoms with van der Waals surface area (Å²) in [5, 5.41) is 13.7. The minimum Gasteiger partial charge on any atom is -0.382 e. The van der Waals surface area contributed by atoms with Crippen LogP contribution in [0.3, 0.4) is 0 Å². The summed E-state index contributed by atoms with van der Waals surface area (Å²) < 4.78 is 2.46. The Morgan fingerprint density at radius 1 is 1.47 bits per heavy atom. The molecule has 2 N–H and O–H groups in total. The minimum absolute atomic E-state index is 0.352. The molecule has 1 aromatic carbocycles. The van der Waals surface area contributed by atoms with E-state index in [1.165, 1.54) is 0 Å². The molecule has 98 valence electrons. The molecule has 19 heavy (non-hydrogen) atoms. The molecule has 0 radical (unpaired) electrons. The van der Waals surface area contributed by atoms with Crippen LogP contribution in [-0.2, 0) is 0 Å². The smallest absolute Gasteiger partial charge is 0.171 e. The van der Waals surface area contributed by atoms with E-state index in [2.05, 4.69) is 27.1 Å². The van der Waals surface area contributed by atoms with Gasteiger partial charge in [-0.25, -0.2) is 4.68 Å². The number of rotatable bonds is 3. The van der Waals surface area contributed by atoms with E-state index in [0.717, 1.165) is 16.7 Å². The van der Waals surface area contributed by atoms with Gasteiger partial charge in [0.25, 0.3) is 0 Å². The molecule has 0 unspecified atom stereocenters. The Kier molecular flexibility index (Phi) is 3.76. The molecule has 0 aliphatic heterocycles. The van der Waals surface area contributed by atoms with Crippen LogP contribution in [0.2, 0.25) is 0 Å². The maximum atomic E-state index is 9.25. The number of nitrogens with two attached hydrogens (primary N) is 1. The first-order valence-electron chi connectivity index (χ1n) is 5.84. The largest absolute Gasteiger partial charge is 0.382 e. The second kappa shape index (κ2) is 5.33. The first kappa shape index (κ1) is 13.4. The molecule has 1 aromatic heterocycles. The van der Waals surface area contributed by atoms with E-state index in [1.54, 1.807) is 4.68 Å². The monoisotopic (exact) mass is 319 g/mol. The van der Waals surface area contributed by atoms with Gasteiger partial charge < -0.3 is 10.6 Å². The van der Waals surface area contributed by atoms with Gasteiger partial charge in [-0.2, -0.15) is 5.26 Å². The molecular weight excluding hydrogens is 306 g/mol. The summed E-state index contributed by atoms with van der Waals surface area (Å²) in [5.74, 6) is 0.947. The number of halogens is 1. The average molecular weight is 320 g/mol. The van der Waals surface area contributed by atoms with E-state index < -0.39 is 0 Å². The molecule has 0 aliphatic carbocycles. The molecule has 0 saturated heterocycles. The van der Waals surface area contributed by atoms with E-state index in [9.17, 15) is 5.26 Å². The van der Waals surface area contributed by atoms with Crippen molar-refractivity contribution in [2.75, 3.05) is 24.2 Å². The van der Waals surface area contributed by atoms with Crippen molar-refractivity contribution in [1.82, 2.24) is 9.78 Å². The Labute approximate surface area is 120 Å². The number of nitrogens with zero attached hydrogens (tertiary/aromatic N) is 4. The first-order chi connectivity index (χ1) is 9.10. The standard InChI is InChI=1S/C13H14BrN5/c1-3-18(2)13-9(8-15)12(16)19(17-13)11-7-5-4-6-10(11)14/h4-7H,3,16H2,1-2H3. The molecule has 6 heteroatoms. The van der Waals surface area contributed by atoms with Gasteiger partial charge in [0.2, 0.25) is 0 Å². The van der Waals surface area contributed by atoms with Crippen molar-refractivity contribution >= 4 is 27.6 Å². The molecule has 5 nitrogen and oxygen atoms in total. The van der Waals surface area contributed by atoms with Gasteiger partial charge in [-0.05, 0) is 35.0 Å². The highest BCUT2D eigenvalue weighted by atomic mass is 79.9. The molecule has 0 amide bonds. The third-order valence-electron chi connectivity index (χ3n) is 2.93. The Bertz CT molecular complexity index is 641. The zero-order chi connectivity index (χ0) is 14.0. The van der Waals surface area contributed by atoms with Crippen molar-refractivity contribution in [1.29, 1.82) is 5.26 Å². The summed E-state index contributed by atoms with van der Waals surface area (Å²) in [6.07, 6.45) is 0. The summed E-state index contributed by atoms with van der Waals surface area (Å²) in [4.78, 5) is 1.89. The van der Waals surface area contributed by atoms with Crippen LogP contribution in [0.4, 0.5) is 11.6 Å². The molecule has 2 aromatic rings. The van der Waals surface area contributed by atoms with Gasteiger partial charge in [0.05, 0.1) is 5.69 Å². The highest BCUT2D eigenvalue weighted by molar-refractivity contribution is 9.10. The number of hydrogen-bond donors (Lipinski definition) is 1.